The number of carbonyl (C=O) groups is 1. The smallest absolute Gasteiger partial charge is 0.318 e. The number of nitrogens with zero attached hydrogens (tertiary/aromatic N) is 1. The fraction of sp³-hybridized carbons (Fsp3) is 0.533. The van der Waals surface area contributed by atoms with Crippen LogP contribution in [0.5, 0.6) is 0 Å². The lowest BCUT2D eigenvalue weighted by atomic mass is 9.94. The second kappa shape index (κ2) is 4.63. The molecule has 1 heterocycles. The summed E-state index contributed by atoms with van der Waals surface area (Å²) in [6, 6.07) is 4.71. The average molecular weight is 246 g/mol. The fourth-order valence-electron chi connectivity index (χ4n) is 2.53. The molecule has 1 N–H and O–H groups in total. The van der Waals surface area contributed by atoms with E-state index in [1.165, 1.54) is 22.3 Å². The number of urea groups is 1. The van der Waals surface area contributed by atoms with Gasteiger partial charge in [-0.05, 0) is 56.9 Å². The van der Waals surface area contributed by atoms with Gasteiger partial charge in [-0.1, -0.05) is 12.1 Å². The fourth-order valence-corrected chi connectivity index (χ4v) is 2.53. The first-order chi connectivity index (χ1) is 8.41. The van der Waals surface area contributed by atoms with E-state index in [1.807, 2.05) is 4.90 Å². The third-order valence-electron chi connectivity index (χ3n) is 4.04. The number of amides is 2. The number of rotatable bonds is 2. The maximum absolute atomic E-state index is 11.9. The molecule has 1 saturated heterocycles. The van der Waals surface area contributed by atoms with Crippen molar-refractivity contribution < 1.29 is 4.79 Å². The van der Waals surface area contributed by atoms with E-state index in [9.17, 15) is 4.79 Å². The van der Waals surface area contributed by atoms with E-state index < -0.39 is 0 Å². The molecule has 3 heteroatoms. The van der Waals surface area contributed by atoms with Gasteiger partial charge in [0.2, 0.25) is 0 Å². The summed E-state index contributed by atoms with van der Waals surface area (Å²) < 4.78 is 0. The van der Waals surface area contributed by atoms with Crippen LogP contribution in [0.3, 0.4) is 0 Å². The average Bonchev–Trinajstić information content (AvgIpc) is 2.68. The highest BCUT2D eigenvalue weighted by Crippen LogP contribution is 2.27. The van der Waals surface area contributed by atoms with Crippen LogP contribution in [0.2, 0.25) is 0 Å². The van der Waals surface area contributed by atoms with Gasteiger partial charge in [-0.3, -0.25) is 0 Å². The van der Waals surface area contributed by atoms with E-state index in [0.29, 0.717) is 0 Å². The highest BCUT2D eigenvalue weighted by molar-refractivity contribution is 5.77. The maximum Gasteiger partial charge on any atom is 0.318 e. The maximum atomic E-state index is 11.9. The van der Waals surface area contributed by atoms with Gasteiger partial charge in [0, 0.05) is 12.6 Å². The van der Waals surface area contributed by atoms with E-state index in [0.717, 1.165) is 6.54 Å². The van der Waals surface area contributed by atoms with E-state index in [2.05, 4.69) is 52.1 Å². The van der Waals surface area contributed by atoms with Gasteiger partial charge in [0.15, 0.2) is 0 Å². The monoisotopic (exact) mass is 246 g/mol. The first-order valence-electron chi connectivity index (χ1n) is 6.55. The molecule has 1 aliphatic rings. The van der Waals surface area contributed by atoms with Gasteiger partial charge in [0.25, 0.3) is 0 Å². The summed E-state index contributed by atoms with van der Waals surface area (Å²) in [5.41, 5.74) is 5.17. The van der Waals surface area contributed by atoms with Crippen LogP contribution in [-0.2, 0) is 0 Å². The molecule has 0 radical (unpaired) electrons. The van der Waals surface area contributed by atoms with Gasteiger partial charge in [0.05, 0.1) is 6.04 Å². The highest BCUT2D eigenvalue weighted by Gasteiger charge is 2.32. The zero-order valence-electron chi connectivity index (χ0n) is 11.9. The number of hydrogen-bond acceptors (Lipinski definition) is 1. The summed E-state index contributed by atoms with van der Waals surface area (Å²) in [7, 11) is 0. The molecule has 1 atom stereocenters. The second-order valence-electron chi connectivity index (χ2n) is 5.47. The van der Waals surface area contributed by atoms with Crippen LogP contribution >= 0.6 is 0 Å². The van der Waals surface area contributed by atoms with Crippen molar-refractivity contribution in [2.45, 2.75) is 46.7 Å². The Morgan fingerprint density at radius 1 is 1.22 bits per heavy atom. The molecule has 1 aliphatic heterocycles. The molecule has 3 nitrogen and oxygen atoms in total. The Kier molecular flexibility index (Phi) is 3.33. The van der Waals surface area contributed by atoms with Crippen LogP contribution in [0.15, 0.2) is 12.1 Å². The third kappa shape index (κ3) is 2.09. The summed E-state index contributed by atoms with van der Waals surface area (Å²) in [6.07, 6.45) is 0. The zero-order chi connectivity index (χ0) is 13.4. The normalized spacial score (nSPS) is 19.6. The molecule has 1 fully saturated rings. The molecular weight excluding hydrogens is 224 g/mol. The zero-order valence-corrected chi connectivity index (χ0v) is 11.9. The molecule has 0 spiro atoms. The van der Waals surface area contributed by atoms with Gasteiger partial charge >= 0.3 is 6.03 Å². The Morgan fingerprint density at radius 2 is 1.89 bits per heavy atom. The van der Waals surface area contributed by atoms with Crippen molar-refractivity contribution in [3.05, 3.63) is 34.4 Å². The number of aryl methyl sites for hydroxylation is 1. The molecular formula is C15H22N2O. The molecule has 98 valence electrons. The SMILES string of the molecule is Cc1ccc(C2CN(C(C)C)C(=O)N2)c(C)c1C. The molecule has 18 heavy (non-hydrogen) atoms. The molecule has 0 saturated carbocycles. The lowest BCUT2D eigenvalue weighted by Crippen LogP contribution is -2.33. The van der Waals surface area contributed by atoms with Gasteiger partial charge in [0.1, 0.15) is 0 Å². The molecule has 2 amide bonds. The largest absolute Gasteiger partial charge is 0.329 e. The Hall–Kier alpha value is -1.51. The van der Waals surface area contributed by atoms with Crippen LogP contribution in [0.1, 0.15) is 42.1 Å². The van der Waals surface area contributed by atoms with Crippen LogP contribution in [0, 0.1) is 20.8 Å². The van der Waals surface area contributed by atoms with Crippen molar-refractivity contribution >= 4 is 6.03 Å². The van der Waals surface area contributed by atoms with Crippen LogP contribution in [0.25, 0.3) is 0 Å². The highest BCUT2D eigenvalue weighted by atomic mass is 16.2. The summed E-state index contributed by atoms with van der Waals surface area (Å²) in [6.45, 7) is 11.3. The standard InChI is InChI=1S/C15H22N2O/c1-9(2)17-8-14(16-15(17)18)13-7-6-10(3)11(4)12(13)5/h6-7,9,14H,8H2,1-5H3,(H,16,18). The minimum absolute atomic E-state index is 0.0487. The third-order valence-corrected chi connectivity index (χ3v) is 4.04. The summed E-state index contributed by atoms with van der Waals surface area (Å²) in [5.74, 6) is 0. The minimum Gasteiger partial charge on any atom is -0.329 e. The van der Waals surface area contributed by atoms with Gasteiger partial charge in [-0.25, -0.2) is 4.79 Å². The van der Waals surface area contributed by atoms with Crippen molar-refractivity contribution in [3.63, 3.8) is 0 Å². The van der Waals surface area contributed by atoms with Crippen molar-refractivity contribution in [1.29, 1.82) is 0 Å². The van der Waals surface area contributed by atoms with Crippen LogP contribution < -0.4 is 5.32 Å². The molecule has 1 aromatic rings. The molecule has 0 aromatic heterocycles. The predicted octanol–water partition coefficient (Wildman–Crippen LogP) is 3.09. The van der Waals surface area contributed by atoms with Crippen molar-refractivity contribution in [2.75, 3.05) is 6.54 Å². The Balaban J connectivity index is 2.30. The molecule has 1 unspecified atom stereocenters. The lowest BCUT2D eigenvalue weighted by Gasteiger charge is -2.20. The van der Waals surface area contributed by atoms with Crippen molar-refractivity contribution in [2.24, 2.45) is 0 Å². The Labute approximate surface area is 109 Å². The molecule has 0 bridgehead atoms. The summed E-state index contributed by atoms with van der Waals surface area (Å²) >= 11 is 0. The summed E-state index contributed by atoms with van der Waals surface area (Å²) in [5, 5.41) is 3.08. The van der Waals surface area contributed by atoms with E-state index in [1.54, 1.807) is 0 Å². The Morgan fingerprint density at radius 3 is 2.44 bits per heavy atom. The van der Waals surface area contributed by atoms with Crippen molar-refractivity contribution in [1.82, 2.24) is 10.2 Å². The van der Waals surface area contributed by atoms with Gasteiger partial charge < -0.3 is 10.2 Å². The Bertz CT molecular complexity index is 480. The molecule has 0 aliphatic carbocycles. The van der Waals surface area contributed by atoms with Crippen LogP contribution in [0.4, 0.5) is 4.79 Å². The predicted molar refractivity (Wildman–Crippen MR) is 73.8 cm³/mol. The van der Waals surface area contributed by atoms with E-state index in [4.69, 9.17) is 0 Å². The molecule has 2 rings (SSSR count). The minimum atomic E-state index is 0.0487. The first kappa shape index (κ1) is 12.9. The van der Waals surface area contributed by atoms with E-state index >= 15 is 0 Å². The number of benzene rings is 1. The van der Waals surface area contributed by atoms with Gasteiger partial charge in [-0.15, -0.1) is 0 Å². The lowest BCUT2D eigenvalue weighted by molar-refractivity contribution is 0.206. The molecule has 1 aromatic carbocycles. The topological polar surface area (TPSA) is 32.3 Å². The second-order valence-corrected chi connectivity index (χ2v) is 5.47. The number of nitrogens with one attached hydrogen (secondary N) is 1. The quantitative estimate of drug-likeness (QED) is 0.854. The van der Waals surface area contributed by atoms with E-state index in [-0.39, 0.29) is 18.1 Å². The first-order valence-corrected chi connectivity index (χ1v) is 6.55. The number of carbonyl (C=O) groups excluding carboxylic acids is 1. The summed E-state index contributed by atoms with van der Waals surface area (Å²) in [4.78, 5) is 13.8. The number of hydrogen-bond donors (Lipinski definition) is 1. The van der Waals surface area contributed by atoms with Gasteiger partial charge in [-0.2, -0.15) is 0 Å². The van der Waals surface area contributed by atoms with Crippen molar-refractivity contribution in [3.8, 4) is 0 Å². The van der Waals surface area contributed by atoms with Crippen LogP contribution in [-0.4, -0.2) is 23.5 Å².